The predicted octanol–water partition coefficient (Wildman–Crippen LogP) is 4.14. The van der Waals surface area contributed by atoms with Gasteiger partial charge in [0.2, 0.25) is 5.91 Å². The van der Waals surface area contributed by atoms with Gasteiger partial charge in [-0.1, -0.05) is 36.8 Å². The number of halogens is 2. The van der Waals surface area contributed by atoms with Crippen LogP contribution in [0.3, 0.4) is 0 Å². The van der Waals surface area contributed by atoms with E-state index in [4.69, 9.17) is 10.2 Å². The van der Waals surface area contributed by atoms with Crippen LogP contribution in [-0.2, 0) is 11.2 Å². The molecule has 0 spiro atoms. The van der Waals surface area contributed by atoms with Crippen LogP contribution < -0.4 is 11.1 Å². The number of fused-ring (bicyclic) bond motifs is 2. The molecule has 1 heterocycles. The molecule has 154 valence electrons. The maximum Gasteiger partial charge on any atom is 0.220 e. The smallest absolute Gasteiger partial charge is 0.220 e. The number of aryl methyl sites for hydroxylation is 1. The molecule has 2 saturated carbocycles. The summed E-state index contributed by atoms with van der Waals surface area (Å²) in [7, 11) is 0. The number of hydrogen-bond donors (Lipinski definition) is 2. The Morgan fingerprint density at radius 2 is 1.82 bits per heavy atom. The normalized spacial score (nSPS) is 25.9. The number of rotatable bonds is 5. The fourth-order valence-electron chi connectivity index (χ4n) is 4.67. The van der Waals surface area contributed by atoms with E-state index in [1.54, 1.807) is 6.20 Å². The van der Waals surface area contributed by atoms with E-state index >= 15 is 0 Å². The molecule has 0 saturated heterocycles. The Labute approximate surface area is 178 Å². The zero-order valence-corrected chi connectivity index (χ0v) is 17.5. The fraction of sp³-hybridized carbons (Fsp3) is 0.524. The third-order valence-corrected chi connectivity index (χ3v) is 5.88. The number of amides is 1. The third kappa shape index (κ3) is 5.28. The number of nitrogens with zero attached hydrogens (tertiary/aromatic N) is 1. The summed E-state index contributed by atoms with van der Waals surface area (Å²) in [6, 6.07) is 10.5. The van der Waals surface area contributed by atoms with E-state index in [0.29, 0.717) is 42.7 Å². The van der Waals surface area contributed by atoms with Gasteiger partial charge in [-0.3, -0.25) is 4.79 Å². The van der Waals surface area contributed by atoms with Crippen molar-refractivity contribution in [2.45, 2.75) is 57.0 Å². The minimum atomic E-state index is 0. The summed E-state index contributed by atoms with van der Waals surface area (Å²) in [5.74, 6) is 2.56. The Balaban J connectivity index is 0.00000140. The first-order valence-electron chi connectivity index (χ1n) is 9.74. The molecular weight excluding hydrogens is 397 g/mol. The molecule has 1 amide bonds. The van der Waals surface area contributed by atoms with Gasteiger partial charge >= 0.3 is 0 Å². The number of carbonyl (C=O) groups excluding carboxylic acids is 1. The molecule has 7 heteroatoms. The highest BCUT2D eigenvalue weighted by Crippen LogP contribution is 2.39. The first kappa shape index (κ1) is 22.7. The van der Waals surface area contributed by atoms with Crippen molar-refractivity contribution >= 4 is 30.7 Å². The molecule has 3 N–H and O–H groups in total. The van der Waals surface area contributed by atoms with Crippen molar-refractivity contribution in [3.8, 4) is 11.3 Å². The zero-order chi connectivity index (χ0) is 17.9. The minimum absolute atomic E-state index is 0. The van der Waals surface area contributed by atoms with E-state index in [1.807, 2.05) is 30.3 Å². The first-order chi connectivity index (χ1) is 12.7. The van der Waals surface area contributed by atoms with E-state index in [-0.39, 0.29) is 30.7 Å². The SMILES string of the molecule is Cl.Cl.NC1CC2CCCC(C1)C2NC(=O)CCc1ncc(-c2ccccc2)o1. The number of nitrogens with one attached hydrogen (secondary N) is 1. The van der Waals surface area contributed by atoms with Crippen molar-refractivity contribution in [2.24, 2.45) is 17.6 Å². The van der Waals surface area contributed by atoms with Crippen LogP contribution in [0.15, 0.2) is 40.9 Å². The summed E-state index contributed by atoms with van der Waals surface area (Å²) < 4.78 is 5.79. The van der Waals surface area contributed by atoms with Gasteiger partial charge in [-0.05, 0) is 37.5 Å². The third-order valence-electron chi connectivity index (χ3n) is 5.88. The van der Waals surface area contributed by atoms with Crippen molar-refractivity contribution in [1.82, 2.24) is 10.3 Å². The van der Waals surface area contributed by atoms with Crippen LogP contribution in [0, 0.1) is 11.8 Å². The molecule has 1 aromatic heterocycles. The lowest BCUT2D eigenvalue weighted by Gasteiger charge is -2.45. The molecule has 5 nitrogen and oxygen atoms in total. The molecule has 2 unspecified atom stereocenters. The van der Waals surface area contributed by atoms with E-state index in [9.17, 15) is 4.79 Å². The number of hydrogen-bond acceptors (Lipinski definition) is 4. The van der Waals surface area contributed by atoms with Gasteiger partial charge in [-0.15, -0.1) is 24.8 Å². The quantitative estimate of drug-likeness (QED) is 0.753. The maximum absolute atomic E-state index is 12.5. The summed E-state index contributed by atoms with van der Waals surface area (Å²) in [4.78, 5) is 16.8. The van der Waals surface area contributed by atoms with Crippen LogP contribution in [0.25, 0.3) is 11.3 Å². The standard InChI is InChI=1S/C21H27N3O2.2ClH/c22-17-11-15-7-4-8-16(12-17)21(15)24-19(25)9-10-20-23-13-18(26-20)14-5-2-1-3-6-14;;/h1-3,5-6,13,15-17,21H,4,7-12,22H2,(H,24,25);2*1H. The van der Waals surface area contributed by atoms with Crippen molar-refractivity contribution in [3.05, 3.63) is 42.4 Å². The van der Waals surface area contributed by atoms with Gasteiger partial charge in [0.25, 0.3) is 0 Å². The Kier molecular flexibility index (Phi) is 8.35. The Bertz CT molecular complexity index is 739. The summed E-state index contributed by atoms with van der Waals surface area (Å²) in [5, 5.41) is 3.29. The summed E-state index contributed by atoms with van der Waals surface area (Å²) in [6.45, 7) is 0. The van der Waals surface area contributed by atoms with Crippen LogP contribution in [0.2, 0.25) is 0 Å². The Morgan fingerprint density at radius 3 is 2.50 bits per heavy atom. The zero-order valence-electron chi connectivity index (χ0n) is 15.9. The summed E-state index contributed by atoms with van der Waals surface area (Å²) in [5.41, 5.74) is 7.17. The highest BCUT2D eigenvalue weighted by atomic mass is 35.5. The molecule has 2 aliphatic rings. The molecule has 2 aliphatic carbocycles. The Hall–Kier alpha value is -1.56. The molecule has 1 aromatic carbocycles. The van der Waals surface area contributed by atoms with Crippen LogP contribution in [0.5, 0.6) is 0 Å². The first-order valence-corrected chi connectivity index (χ1v) is 9.74. The second kappa shape index (κ2) is 10.3. The molecule has 4 rings (SSSR count). The fourth-order valence-corrected chi connectivity index (χ4v) is 4.67. The van der Waals surface area contributed by atoms with Crippen molar-refractivity contribution in [3.63, 3.8) is 0 Å². The predicted molar refractivity (Wildman–Crippen MR) is 115 cm³/mol. The van der Waals surface area contributed by atoms with Crippen molar-refractivity contribution in [1.29, 1.82) is 0 Å². The highest BCUT2D eigenvalue weighted by molar-refractivity contribution is 5.85. The monoisotopic (exact) mass is 425 g/mol. The number of carbonyl (C=O) groups is 1. The van der Waals surface area contributed by atoms with Gasteiger partial charge in [0.15, 0.2) is 11.7 Å². The molecule has 2 bridgehead atoms. The van der Waals surface area contributed by atoms with Gasteiger partial charge in [-0.2, -0.15) is 0 Å². The summed E-state index contributed by atoms with van der Waals surface area (Å²) >= 11 is 0. The molecule has 0 radical (unpaired) electrons. The molecule has 2 atom stereocenters. The lowest BCUT2D eigenvalue weighted by Crippen LogP contribution is -2.53. The second-order valence-corrected chi connectivity index (χ2v) is 7.76. The summed E-state index contributed by atoms with van der Waals surface area (Å²) in [6.07, 6.45) is 8.41. The average Bonchev–Trinajstić information content (AvgIpc) is 3.11. The molecule has 2 aromatic rings. The van der Waals surface area contributed by atoms with E-state index in [1.165, 1.54) is 19.3 Å². The number of aromatic nitrogens is 1. The van der Waals surface area contributed by atoms with Crippen molar-refractivity contribution in [2.75, 3.05) is 0 Å². The highest BCUT2D eigenvalue weighted by Gasteiger charge is 2.39. The molecule has 28 heavy (non-hydrogen) atoms. The van der Waals surface area contributed by atoms with E-state index < -0.39 is 0 Å². The number of benzene rings is 1. The molecular formula is C21H29Cl2N3O2. The van der Waals surface area contributed by atoms with Gasteiger partial charge in [0.05, 0.1) is 6.20 Å². The van der Waals surface area contributed by atoms with Gasteiger partial charge in [0.1, 0.15) is 0 Å². The van der Waals surface area contributed by atoms with E-state index in [2.05, 4.69) is 10.3 Å². The van der Waals surface area contributed by atoms with Gasteiger partial charge in [-0.25, -0.2) is 4.98 Å². The second-order valence-electron chi connectivity index (χ2n) is 7.76. The number of oxazole rings is 1. The van der Waals surface area contributed by atoms with Crippen LogP contribution >= 0.6 is 24.8 Å². The number of nitrogens with two attached hydrogens (primary N) is 1. The molecule has 0 aliphatic heterocycles. The molecule has 2 fully saturated rings. The lowest BCUT2D eigenvalue weighted by molar-refractivity contribution is -0.123. The largest absolute Gasteiger partial charge is 0.441 e. The topological polar surface area (TPSA) is 81.1 Å². The van der Waals surface area contributed by atoms with Crippen LogP contribution in [-0.4, -0.2) is 23.0 Å². The van der Waals surface area contributed by atoms with Gasteiger partial charge in [0, 0.05) is 30.5 Å². The average molecular weight is 426 g/mol. The van der Waals surface area contributed by atoms with E-state index in [0.717, 1.165) is 24.2 Å². The van der Waals surface area contributed by atoms with Gasteiger partial charge < -0.3 is 15.5 Å². The van der Waals surface area contributed by atoms with Crippen LogP contribution in [0.1, 0.15) is 44.4 Å². The minimum Gasteiger partial charge on any atom is -0.441 e. The Morgan fingerprint density at radius 1 is 1.14 bits per heavy atom. The van der Waals surface area contributed by atoms with Crippen molar-refractivity contribution < 1.29 is 9.21 Å². The maximum atomic E-state index is 12.5. The lowest BCUT2D eigenvalue weighted by atomic mass is 9.67. The van der Waals surface area contributed by atoms with Crippen LogP contribution in [0.4, 0.5) is 0 Å².